The molecule has 0 unspecified atom stereocenters. The highest BCUT2D eigenvalue weighted by molar-refractivity contribution is 7.25. The Balaban J connectivity index is 0.566. The topological polar surface area (TPSA) is 91.0 Å². The van der Waals surface area contributed by atoms with Gasteiger partial charge in [-0.1, -0.05) is 256 Å². The normalized spacial score (nSPS) is 14.9. The van der Waals surface area contributed by atoms with Gasteiger partial charge < -0.3 is 13.3 Å². The summed E-state index contributed by atoms with van der Waals surface area (Å²) in [4.78, 5) is 22.6. The zero-order valence-corrected chi connectivity index (χ0v) is 63.8. The van der Waals surface area contributed by atoms with Crippen LogP contribution in [0.15, 0.2) is 292 Å². The molecule has 24 rings (SSSR count). The van der Waals surface area contributed by atoms with Crippen molar-refractivity contribution >= 4 is 97.6 Å². The SMILES string of the molecule is CC1(C)c2ccccc2-c2cc3c(cc21)-c1ccc(-c2ccc4oc5c(-c6nc(-c7ccccc7)c7c(n6)oc6c(-c8cccc9c8C(C)(C)c8cc%10c(cc8-9)C(C)(C)c8cc(-c9ccc%11oc%12c(-c%13nc(-c%14ccccc%14)c%14c(n%13)sc%13ccccc%13%14)cccc%12c%11c9)ccc8-%10)cccc67)cccc5c4c2)cc1C3(C)C. The molecule has 4 aliphatic carbocycles. The predicted octanol–water partition coefficient (Wildman–Crippen LogP) is 28.2. The van der Waals surface area contributed by atoms with Crippen molar-refractivity contribution in [3.8, 4) is 123 Å². The van der Waals surface area contributed by atoms with E-state index in [4.69, 9.17) is 33.2 Å². The highest BCUT2D eigenvalue weighted by atomic mass is 32.1. The summed E-state index contributed by atoms with van der Waals surface area (Å²) >= 11 is 1.71. The summed E-state index contributed by atoms with van der Waals surface area (Å²) in [5, 5.41) is 8.22. The van der Waals surface area contributed by atoms with Crippen molar-refractivity contribution in [3.05, 3.63) is 324 Å². The summed E-state index contributed by atoms with van der Waals surface area (Å²) in [6, 6.07) is 102. The van der Waals surface area contributed by atoms with Gasteiger partial charge in [-0.2, -0.15) is 4.98 Å². The molecule has 4 aliphatic rings. The number of benzene rings is 14. The fourth-order valence-electron chi connectivity index (χ4n) is 20.3. The molecule has 0 radical (unpaired) electrons. The van der Waals surface area contributed by atoms with Gasteiger partial charge in [0.15, 0.2) is 11.6 Å². The van der Waals surface area contributed by atoms with Gasteiger partial charge in [0.05, 0.1) is 27.9 Å². The molecule has 0 spiro atoms. The molecule has 0 saturated carbocycles. The average molecular weight is 1460 g/mol. The zero-order valence-electron chi connectivity index (χ0n) is 63.0. The third-order valence-corrected chi connectivity index (χ3v) is 27.0. The lowest BCUT2D eigenvalue weighted by Gasteiger charge is -2.25. The molecule has 6 heterocycles. The molecule has 0 amide bonds. The maximum Gasteiger partial charge on any atom is 0.231 e. The number of para-hydroxylation sites is 3. The Morgan fingerprint density at radius 2 is 0.652 bits per heavy atom. The lowest BCUT2D eigenvalue weighted by Crippen LogP contribution is -2.17. The van der Waals surface area contributed by atoms with E-state index in [1.807, 2.05) is 6.07 Å². The Labute approximate surface area is 650 Å². The Bertz CT molecular complexity index is 7630. The maximum atomic E-state index is 7.29. The monoisotopic (exact) mass is 1450 g/mol. The predicted molar refractivity (Wildman–Crippen MR) is 461 cm³/mol. The van der Waals surface area contributed by atoms with Gasteiger partial charge in [-0.15, -0.1) is 11.3 Å². The molecule has 0 N–H and O–H groups in total. The van der Waals surface area contributed by atoms with E-state index in [1.165, 1.54) is 110 Å². The van der Waals surface area contributed by atoms with E-state index in [2.05, 4.69) is 328 Å². The first-order valence-corrected chi connectivity index (χ1v) is 39.7. The minimum Gasteiger partial charge on any atom is -0.455 e. The molecule has 530 valence electrons. The second-order valence-electron chi connectivity index (χ2n) is 33.4. The first-order chi connectivity index (χ1) is 54.5. The number of hydrogen-bond acceptors (Lipinski definition) is 8. The van der Waals surface area contributed by atoms with Crippen molar-refractivity contribution in [2.75, 3.05) is 0 Å². The molecular weight excluding hydrogens is 1390 g/mol. The molecule has 7 nitrogen and oxygen atoms in total. The van der Waals surface area contributed by atoms with Crippen molar-refractivity contribution in [2.24, 2.45) is 0 Å². The lowest BCUT2D eigenvalue weighted by molar-refractivity contribution is 0.649. The fraction of sp³-hybridized carbons (Fsp3) is 0.115. The van der Waals surface area contributed by atoms with Crippen LogP contribution in [0.2, 0.25) is 0 Å². The van der Waals surface area contributed by atoms with E-state index >= 15 is 0 Å². The minimum absolute atomic E-state index is 0.0711. The van der Waals surface area contributed by atoms with Gasteiger partial charge in [0.25, 0.3) is 0 Å². The Kier molecular flexibility index (Phi) is 12.7. The maximum absolute atomic E-state index is 7.29. The zero-order chi connectivity index (χ0) is 74.7. The van der Waals surface area contributed by atoms with Crippen molar-refractivity contribution in [2.45, 2.75) is 77.0 Å². The standard InChI is InChI=1S/C104H70N4O3S/c1-101(2)79-37-17-15-27-61(79)73-51-83-74(52-82(73)101)62-43-39-59(49-80(62)102(83,3)4)57-41-45-86-77(47-57)67-32-21-35-71(95(67)109-86)97-105-92(55-23-11-9-12-24-55)89-70-34-20-31-66(94(70)111-99(89)107-97)64-29-19-30-65-76-54-84-75(53-85(76)104(7,8)91(64)65)63-44-40-60(50-81(63)103(84,5)6)58-42-46-87-78(48-58)68-33-22-36-72(96(68)110-87)98-106-93(56-25-13-10-14-26-56)90-69-28-16-18-38-88(69)112-100(90)108-98/h9-54H,1-8H3. The molecule has 8 heteroatoms. The highest BCUT2D eigenvalue weighted by Crippen LogP contribution is 2.61. The molecule has 0 bridgehead atoms. The number of furan rings is 3. The largest absolute Gasteiger partial charge is 0.455 e. The van der Waals surface area contributed by atoms with Crippen LogP contribution in [0.1, 0.15) is 99.9 Å². The Morgan fingerprint density at radius 3 is 1.24 bits per heavy atom. The van der Waals surface area contributed by atoms with E-state index in [0.29, 0.717) is 17.4 Å². The third-order valence-electron chi connectivity index (χ3n) is 26.0. The molecule has 14 aromatic carbocycles. The smallest absolute Gasteiger partial charge is 0.231 e. The van der Waals surface area contributed by atoms with Crippen molar-refractivity contribution < 1.29 is 13.3 Å². The first-order valence-electron chi connectivity index (χ1n) is 38.9. The molecule has 6 aromatic heterocycles. The number of rotatable bonds is 7. The Hall–Kier alpha value is -13.1. The van der Waals surface area contributed by atoms with Gasteiger partial charge in [-0.25, -0.2) is 15.0 Å². The summed E-state index contributed by atoms with van der Waals surface area (Å²) in [6.07, 6.45) is 0. The van der Waals surface area contributed by atoms with Crippen LogP contribution in [-0.2, 0) is 21.7 Å². The van der Waals surface area contributed by atoms with Crippen LogP contribution in [-0.4, -0.2) is 19.9 Å². The number of hydrogen-bond donors (Lipinski definition) is 0. The minimum atomic E-state index is -0.382. The van der Waals surface area contributed by atoms with Crippen LogP contribution in [0, 0.1) is 0 Å². The number of aromatic nitrogens is 4. The van der Waals surface area contributed by atoms with Crippen molar-refractivity contribution in [1.29, 1.82) is 0 Å². The molecular formula is C104H70N4O3S. The first kappa shape index (κ1) is 63.8. The Morgan fingerprint density at radius 1 is 0.250 bits per heavy atom. The average Bonchev–Trinajstić information content (AvgIpc) is 1.55. The van der Waals surface area contributed by atoms with Gasteiger partial charge in [-0.05, 0) is 196 Å². The number of fused-ring (bicyclic) bond motifs is 24. The lowest BCUT2D eigenvalue weighted by atomic mass is 9.77. The van der Waals surface area contributed by atoms with E-state index in [-0.39, 0.29) is 21.7 Å². The van der Waals surface area contributed by atoms with Crippen LogP contribution in [0.3, 0.4) is 0 Å². The second-order valence-corrected chi connectivity index (χ2v) is 34.5. The van der Waals surface area contributed by atoms with Gasteiger partial charge in [0.2, 0.25) is 5.71 Å². The van der Waals surface area contributed by atoms with E-state index in [9.17, 15) is 0 Å². The van der Waals surface area contributed by atoms with Crippen LogP contribution in [0.4, 0.5) is 0 Å². The molecule has 0 aliphatic heterocycles. The molecule has 112 heavy (non-hydrogen) atoms. The molecule has 20 aromatic rings. The third kappa shape index (κ3) is 8.65. The van der Waals surface area contributed by atoms with Gasteiger partial charge in [0.1, 0.15) is 32.7 Å². The quantitative estimate of drug-likeness (QED) is 0.157. The van der Waals surface area contributed by atoms with Gasteiger partial charge in [-0.3, -0.25) is 0 Å². The molecule has 0 saturated heterocycles. The van der Waals surface area contributed by atoms with E-state index in [1.54, 1.807) is 11.3 Å². The summed E-state index contributed by atoms with van der Waals surface area (Å²) < 4.78 is 22.3. The highest BCUT2D eigenvalue weighted by Gasteiger charge is 2.45. The number of nitrogens with zero attached hydrogens (tertiary/aromatic N) is 4. The van der Waals surface area contributed by atoms with E-state index < -0.39 is 0 Å². The van der Waals surface area contributed by atoms with Crippen LogP contribution < -0.4 is 0 Å². The van der Waals surface area contributed by atoms with E-state index in [0.717, 1.165) is 126 Å². The van der Waals surface area contributed by atoms with Crippen molar-refractivity contribution in [3.63, 3.8) is 0 Å². The summed E-state index contributed by atoms with van der Waals surface area (Å²) in [7, 11) is 0. The van der Waals surface area contributed by atoms with Crippen LogP contribution in [0.5, 0.6) is 0 Å². The summed E-state index contributed by atoms with van der Waals surface area (Å²) in [5.74, 6) is 1.18. The summed E-state index contributed by atoms with van der Waals surface area (Å²) in [6.45, 7) is 19.1. The van der Waals surface area contributed by atoms with Crippen molar-refractivity contribution in [1.82, 2.24) is 19.9 Å². The van der Waals surface area contributed by atoms with Crippen LogP contribution >= 0.6 is 11.3 Å². The van der Waals surface area contributed by atoms with Gasteiger partial charge >= 0.3 is 0 Å². The molecule has 0 atom stereocenters. The molecule has 0 fully saturated rings. The fourth-order valence-corrected chi connectivity index (χ4v) is 21.4. The second kappa shape index (κ2) is 22.3. The van der Waals surface area contributed by atoms with Gasteiger partial charge in [0, 0.05) is 80.8 Å². The van der Waals surface area contributed by atoms with Crippen LogP contribution in [0.25, 0.3) is 209 Å². The summed E-state index contributed by atoms with van der Waals surface area (Å²) in [5.41, 5.74) is 37.0. The number of thiophene rings is 1.